The number of H-pyrrole nitrogens is 1. The number of aliphatic hydroxyl groups is 1. The monoisotopic (exact) mass is 509 g/mol. The number of benzene rings is 3. The molecule has 0 aliphatic heterocycles. The molecule has 3 N–H and O–H groups in total. The number of hydrogen-bond acceptors (Lipinski definition) is 8. The summed E-state index contributed by atoms with van der Waals surface area (Å²) >= 11 is 0. The SMILES string of the molecule is CC(C)(O)c1ncn(Cc2ccc(-c3cc(Cc4ccc(O)cc4)ccc3-c3nn[nH]n3)cc2)c1CN=O. The number of imidazole rings is 1. The van der Waals surface area contributed by atoms with Crippen molar-refractivity contribution in [1.82, 2.24) is 30.2 Å². The minimum absolute atomic E-state index is 0.0701. The Kier molecular flexibility index (Phi) is 6.80. The molecule has 0 aliphatic carbocycles. The summed E-state index contributed by atoms with van der Waals surface area (Å²) in [5.74, 6) is 0.743. The van der Waals surface area contributed by atoms with Crippen molar-refractivity contribution in [3.63, 3.8) is 0 Å². The molecule has 0 radical (unpaired) electrons. The number of aromatic nitrogens is 6. The van der Waals surface area contributed by atoms with Crippen molar-refractivity contribution in [2.75, 3.05) is 0 Å². The summed E-state index contributed by atoms with van der Waals surface area (Å²) in [5, 5.41) is 37.6. The third kappa shape index (κ3) is 5.35. The molecule has 38 heavy (non-hydrogen) atoms. The molecule has 0 amide bonds. The predicted octanol–water partition coefficient (Wildman–Crippen LogP) is 4.57. The van der Waals surface area contributed by atoms with Gasteiger partial charge in [0.1, 0.15) is 17.9 Å². The number of phenolic OH excluding ortho intramolecular Hbond substituents is 1. The lowest BCUT2D eigenvalue weighted by atomic mass is 9.94. The van der Waals surface area contributed by atoms with Gasteiger partial charge in [-0.3, -0.25) is 0 Å². The molecule has 2 aromatic heterocycles. The molecule has 10 nitrogen and oxygen atoms in total. The highest BCUT2D eigenvalue weighted by molar-refractivity contribution is 5.81. The standard InChI is InChI=1S/C28H27N7O3/c1-28(2,37)26-25(15-30-38)35(17-29-26)16-19-3-8-21(9-4-19)24-14-20(13-18-5-10-22(36)11-6-18)7-12-23(24)27-31-33-34-32-27/h3-12,14,17,36-37H,13,15-16H2,1-2H3,(H,31,32,33,34). The molecule has 3 aromatic carbocycles. The molecular formula is C28H27N7O3. The summed E-state index contributed by atoms with van der Waals surface area (Å²) in [6, 6.07) is 21.4. The van der Waals surface area contributed by atoms with Crippen molar-refractivity contribution in [2.24, 2.45) is 5.18 Å². The van der Waals surface area contributed by atoms with Gasteiger partial charge in [-0.1, -0.05) is 59.8 Å². The van der Waals surface area contributed by atoms with Crippen LogP contribution in [0.2, 0.25) is 0 Å². The number of tetrazole rings is 1. The maximum Gasteiger partial charge on any atom is 0.205 e. The van der Waals surface area contributed by atoms with E-state index in [4.69, 9.17) is 0 Å². The van der Waals surface area contributed by atoms with Crippen molar-refractivity contribution in [2.45, 2.75) is 39.0 Å². The first kappa shape index (κ1) is 25.0. The summed E-state index contributed by atoms with van der Waals surface area (Å²) in [4.78, 5) is 15.4. The number of nitrogens with one attached hydrogen (secondary N) is 1. The predicted molar refractivity (Wildman–Crippen MR) is 142 cm³/mol. The normalized spacial score (nSPS) is 11.6. The zero-order chi connectivity index (χ0) is 26.7. The van der Waals surface area contributed by atoms with Crippen LogP contribution in [0.5, 0.6) is 5.75 Å². The lowest BCUT2D eigenvalue weighted by Crippen LogP contribution is -2.19. The fraction of sp³-hybridized carbons (Fsp3) is 0.214. The molecule has 0 atom stereocenters. The van der Waals surface area contributed by atoms with Crippen LogP contribution in [0.15, 0.2) is 78.2 Å². The van der Waals surface area contributed by atoms with E-state index in [0.29, 0.717) is 30.2 Å². The Morgan fingerprint density at radius 2 is 1.66 bits per heavy atom. The van der Waals surface area contributed by atoms with Crippen molar-refractivity contribution in [1.29, 1.82) is 0 Å². The summed E-state index contributed by atoms with van der Waals surface area (Å²) in [5.41, 5.74) is 5.86. The Labute approximate surface area is 219 Å². The van der Waals surface area contributed by atoms with Gasteiger partial charge in [0.25, 0.3) is 0 Å². The number of rotatable bonds is 9. The van der Waals surface area contributed by atoms with Crippen LogP contribution >= 0.6 is 0 Å². The average molecular weight is 510 g/mol. The summed E-state index contributed by atoms with van der Waals surface area (Å²) in [7, 11) is 0. The number of phenols is 1. The van der Waals surface area contributed by atoms with Gasteiger partial charge < -0.3 is 14.8 Å². The minimum atomic E-state index is -1.17. The maximum atomic E-state index is 11.0. The molecule has 192 valence electrons. The number of nitroso groups, excluding NO2 is 1. The van der Waals surface area contributed by atoms with E-state index >= 15 is 0 Å². The quantitative estimate of drug-likeness (QED) is 0.247. The smallest absolute Gasteiger partial charge is 0.205 e. The van der Waals surface area contributed by atoms with E-state index in [2.05, 4.69) is 36.9 Å². The highest BCUT2D eigenvalue weighted by Crippen LogP contribution is 2.32. The molecular weight excluding hydrogens is 482 g/mol. The second-order valence-corrected chi connectivity index (χ2v) is 9.67. The van der Waals surface area contributed by atoms with Gasteiger partial charge in [0.05, 0.1) is 17.7 Å². The molecule has 0 aliphatic rings. The topological polar surface area (TPSA) is 142 Å². The van der Waals surface area contributed by atoms with Gasteiger partial charge in [-0.05, 0) is 65.4 Å². The van der Waals surface area contributed by atoms with Crippen LogP contribution in [0.4, 0.5) is 0 Å². The summed E-state index contributed by atoms with van der Waals surface area (Å²) in [6.45, 7) is 3.69. The third-order valence-corrected chi connectivity index (χ3v) is 6.37. The van der Waals surface area contributed by atoms with Gasteiger partial charge in [0.15, 0.2) is 0 Å². The zero-order valence-corrected chi connectivity index (χ0v) is 21.0. The van der Waals surface area contributed by atoms with E-state index in [9.17, 15) is 15.1 Å². The van der Waals surface area contributed by atoms with Crippen LogP contribution in [-0.2, 0) is 25.1 Å². The lowest BCUT2D eigenvalue weighted by Gasteiger charge is -2.17. The van der Waals surface area contributed by atoms with E-state index in [1.807, 2.05) is 53.1 Å². The van der Waals surface area contributed by atoms with Crippen LogP contribution in [0, 0.1) is 4.91 Å². The largest absolute Gasteiger partial charge is 0.508 e. The van der Waals surface area contributed by atoms with E-state index < -0.39 is 5.60 Å². The Balaban J connectivity index is 1.46. The highest BCUT2D eigenvalue weighted by atomic mass is 16.3. The molecule has 5 aromatic rings. The van der Waals surface area contributed by atoms with Crippen LogP contribution < -0.4 is 0 Å². The number of nitrogens with zero attached hydrogens (tertiary/aromatic N) is 6. The molecule has 0 bridgehead atoms. The van der Waals surface area contributed by atoms with Crippen LogP contribution in [-0.4, -0.2) is 40.4 Å². The second kappa shape index (κ2) is 10.3. The molecule has 0 saturated carbocycles. The first-order valence-electron chi connectivity index (χ1n) is 12.1. The molecule has 0 spiro atoms. The van der Waals surface area contributed by atoms with Gasteiger partial charge in [0.2, 0.25) is 5.82 Å². The van der Waals surface area contributed by atoms with Crippen molar-refractivity contribution in [3.05, 3.63) is 106 Å². The lowest BCUT2D eigenvalue weighted by molar-refractivity contribution is 0.0731. The molecule has 0 fully saturated rings. The average Bonchev–Trinajstić information content (AvgIpc) is 3.57. The van der Waals surface area contributed by atoms with Crippen molar-refractivity contribution >= 4 is 0 Å². The van der Waals surface area contributed by atoms with Gasteiger partial charge in [-0.25, -0.2) is 4.98 Å². The third-order valence-electron chi connectivity index (χ3n) is 6.37. The Morgan fingerprint density at radius 3 is 2.32 bits per heavy atom. The van der Waals surface area contributed by atoms with Gasteiger partial charge in [-0.2, -0.15) is 10.1 Å². The molecule has 2 heterocycles. The molecule has 0 unspecified atom stereocenters. The van der Waals surface area contributed by atoms with Gasteiger partial charge in [-0.15, -0.1) is 10.2 Å². The van der Waals surface area contributed by atoms with Crippen molar-refractivity contribution < 1.29 is 10.2 Å². The highest BCUT2D eigenvalue weighted by Gasteiger charge is 2.25. The Bertz CT molecular complexity index is 1540. The second-order valence-electron chi connectivity index (χ2n) is 9.67. The van der Waals surface area contributed by atoms with Crippen LogP contribution in [0.1, 0.15) is 41.9 Å². The fourth-order valence-electron chi connectivity index (χ4n) is 4.53. The maximum absolute atomic E-state index is 11.0. The fourth-order valence-corrected chi connectivity index (χ4v) is 4.53. The van der Waals surface area contributed by atoms with Crippen LogP contribution in [0.25, 0.3) is 22.5 Å². The Morgan fingerprint density at radius 1 is 0.947 bits per heavy atom. The summed E-state index contributed by atoms with van der Waals surface area (Å²) < 4.78 is 1.84. The van der Waals surface area contributed by atoms with Crippen molar-refractivity contribution in [3.8, 4) is 28.3 Å². The van der Waals surface area contributed by atoms with E-state index in [1.165, 1.54) is 0 Å². The van der Waals surface area contributed by atoms with E-state index in [1.54, 1.807) is 32.3 Å². The van der Waals surface area contributed by atoms with E-state index in [-0.39, 0.29) is 12.3 Å². The Hall–Kier alpha value is -4.70. The minimum Gasteiger partial charge on any atom is -0.508 e. The van der Waals surface area contributed by atoms with Crippen LogP contribution in [0.3, 0.4) is 0 Å². The van der Waals surface area contributed by atoms with Gasteiger partial charge in [0, 0.05) is 12.1 Å². The first-order chi connectivity index (χ1) is 18.3. The number of aromatic amines is 1. The zero-order valence-electron chi connectivity index (χ0n) is 21.0. The molecule has 10 heteroatoms. The van der Waals surface area contributed by atoms with E-state index in [0.717, 1.165) is 33.4 Å². The molecule has 5 rings (SSSR count). The first-order valence-corrected chi connectivity index (χ1v) is 12.1. The van der Waals surface area contributed by atoms with Gasteiger partial charge >= 0.3 is 0 Å². The summed E-state index contributed by atoms with van der Waals surface area (Å²) in [6.07, 6.45) is 2.33. The number of hydrogen-bond donors (Lipinski definition) is 3. The molecule has 0 saturated heterocycles. The number of aromatic hydroxyl groups is 1.